The van der Waals surface area contributed by atoms with Gasteiger partial charge in [0.1, 0.15) is 5.82 Å². The molecule has 0 spiro atoms. The second kappa shape index (κ2) is 7.09. The summed E-state index contributed by atoms with van der Waals surface area (Å²) in [5.41, 5.74) is 0.941. The fraction of sp³-hybridized carbons (Fsp3) is 0.538. The van der Waals surface area contributed by atoms with E-state index >= 15 is 0 Å². The Bertz CT molecular complexity index is 357. The zero-order valence-corrected chi connectivity index (χ0v) is 11.9. The fourth-order valence-corrected chi connectivity index (χ4v) is 2.07. The van der Waals surface area contributed by atoms with Crippen molar-refractivity contribution in [2.45, 2.75) is 32.9 Å². The molecular weight excluding hydrogens is 285 g/mol. The lowest BCUT2D eigenvalue weighted by Crippen LogP contribution is -2.31. The molecule has 0 amide bonds. The molecule has 0 aliphatic carbocycles. The summed E-state index contributed by atoms with van der Waals surface area (Å²) in [7, 11) is 0. The molecule has 0 aromatic heterocycles. The highest BCUT2D eigenvalue weighted by atomic mass is 79.9. The highest BCUT2D eigenvalue weighted by molar-refractivity contribution is 9.10. The van der Waals surface area contributed by atoms with Crippen molar-refractivity contribution in [1.29, 1.82) is 0 Å². The molecular formula is C13H19BrFNO. The average Bonchev–Trinajstić information content (AvgIpc) is 2.29. The maximum Gasteiger partial charge on any atom is 0.137 e. The molecule has 4 heteroatoms. The van der Waals surface area contributed by atoms with Crippen LogP contribution in [0.1, 0.15) is 25.8 Å². The van der Waals surface area contributed by atoms with Crippen LogP contribution in [0.25, 0.3) is 0 Å². The molecule has 0 atom stereocenters. The molecule has 1 N–H and O–H groups in total. The first-order chi connectivity index (χ1) is 8.06. The van der Waals surface area contributed by atoms with Gasteiger partial charge in [-0.05, 0) is 47.8 Å². The van der Waals surface area contributed by atoms with Crippen molar-refractivity contribution in [3.05, 3.63) is 34.1 Å². The SMILES string of the molecule is CC(C)N(CCCO)Cc1cccc(F)c1Br. The van der Waals surface area contributed by atoms with Crippen LogP contribution in [0.3, 0.4) is 0 Å². The van der Waals surface area contributed by atoms with Crippen LogP contribution in [0, 0.1) is 5.82 Å². The van der Waals surface area contributed by atoms with Crippen molar-refractivity contribution in [2.24, 2.45) is 0 Å². The summed E-state index contributed by atoms with van der Waals surface area (Å²) in [6, 6.07) is 5.46. The van der Waals surface area contributed by atoms with Gasteiger partial charge in [-0.3, -0.25) is 4.90 Å². The molecule has 0 aliphatic heterocycles. The lowest BCUT2D eigenvalue weighted by molar-refractivity contribution is 0.184. The van der Waals surface area contributed by atoms with Crippen LogP contribution in [0.15, 0.2) is 22.7 Å². The van der Waals surface area contributed by atoms with Gasteiger partial charge in [0.05, 0.1) is 4.47 Å². The van der Waals surface area contributed by atoms with Crippen LogP contribution < -0.4 is 0 Å². The third-order valence-corrected chi connectivity index (χ3v) is 3.63. The Morgan fingerprint density at radius 1 is 1.41 bits per heavy atom. The number of halogens is 2. The first-order valence-corrected chi connectivity index (χ1v) is 6.63. The van der Waals surface area contributed by atoms with E-state index < -0.39 is 0 Å². The molecule has 0 saturated carbocycles. The Morgan fingerprint density at radius 3 is 2.71 bits per heavy atom. The number of rotatable bonds is 6. The molecule has 1 rings (SSSR count). The predicted octanol–water partition coefficient (Wildman–Crippen LogP) is 3.18. The van der Waals surface area contributed by atoms with Gasteiger partial charge in [-0.25, -0.2) is 4.39 Å². The molecule has 17 heavy (non-hydrogen) atoms. The smallest absolute Gasteiger partial charge is 0.137 e. The summed E-state index contributed by atoms with van der Waals surface area (Å²) in [6.07, 6.45) is 0.741. The molecule has 2 nitrogen and oxygen atoms in total. The molecule has 0 fully saturated rings. The van der Waals surface area contributed by atoms with Gasteiger partial charge in [0.15, 0.2) is 0 Å². The molecule has 0 radical (unpaired) electrons. The Balaban J connectivity index is 2.75. The fourth-order valence-electron chi connectivity index (χ4n) is 1.68. The van der Waals surface area contributed by atoms with E-state index in [1.54, 1.807) is 6.07 Å². The van der Waals surface area contributed by atoms with Gasteiger partial charge in [0, 0.05) is 25.7 Å². The number of hydrogen-bond acceptors (Lipinski definition) is 2. The highest BCUT2D eigenvalue weighted by Gasteiger charge is 2.13. The first-order valence-electron chi connectivity index (χ1n) is 5.84. The molecule has 1 aromatic rings. The van der Waals surface area contributed by atoms with Crippen LogP contribution >= 0.6 is 15.9 Å². The van der Waals surface area contributed by atoms with Gasteiger partial charge in [-0.2, -0.15) is 0 Å². The maximum absolute atomic E-state index is 13.4. The van der Waals surface area contributed by atoms with E-state index in [1.165, 1.54) is 6.07 Å². The Hall–Kier alpha value is -0.450. The predicted molar refractivity (Wildman–Crippen MR) is 71.3 cm³/mol. The molecule has 96 valence electrons. The maximum atomic E-state index is 13.4. The Labute approximate surface area is 111 Å². The third kappa shape index (κ3) is 4.37. The number of nitrogens with zero attached hydrogens (tertiary/aromatic N) is 1. The zero-order chi connectivity index (χ0) is 12.8. The lowest BCUT2D eigenvalue weighted by Gasteiger charge is -2.26. The summed E-state index contributed by atoms with van der Waals surface area (Å²) in [6.45, 7) is 5.90. The monoisotopic (exact) mass is 303 g/mol. The summed E-state index contributed by atoms with van der Waals surface area (Å²) < 4.78 is 13.9. The summed E-state index contributed by atoms with van der Waals surface area (Å²) in [4.78, 5) is 2.22. The molecule has 0 unspecified atom stereocenters. The van der Waals surface area contributed by atoms with Crippen LogP contribution in [0.4, 0.5) is 4.39 Å². The van der Waals surface area contributed by atoms with Crippen molar-refractivity contribution in [3.8, 4) is 0 Å². The van der Waals surface area contributed by atoms with E-state index in [9.17, 15) is 4.39 Å². The minimum Gasteiger partial charge on any atom is -0.396 e. The number of hydrogen-bond donors (Lipinski definition) is 1. The topological polar surface area (TPSA) is 23.5 Å². The lowest BCUT2D eigenvalue weighted by atomic mass is 10.1. The minimum absolute atomic E-state index is 0.188. The van der Waals surface area contributed by atoms with Crippen molar-refractivity contribution in [3.63, 3.8) is 0 Å². The van der Waals surface area contributed by atoms with Crippen LogP contribution in [-0.4, -0.2) is 29.2 Å². The van der Waals surface area contributed by atoms with Crippen LogP contribution in [0.5, 0.6) is 0 Å². The third-order valence-electron chi connectivity index (χ3n) is 2.74. The minimum atomic E-state index is -0.228. The highest BCUT2D eigenvalue weighted by Crippen LogP contribution is 2.22. The van der Waals surface area contributed by atoms with Gasteiger partial charge in [-0.1, -0.05) is 12.1 Å². The standard InChI is InChI=1S/C13H19BrFNO/c1-10(2)16(7-4-8-17)9-11-5-3-6-12(15)13(11)14/h3,5-6,10,17H,4,7-9H2,1-2H3. The molecule has 1 aromatic carbocycles. The normalized spacial score (nSPS) is 11.5. The van der Waals surface area contributed by atoms with E-state index in [-0.39, 0.29) is 12.4 Å². The Morgan fingerprint density at radius 2 is 2.12 bits per heavy atom. The van der Waals surface area contributed by atoms with E-state index in [0.717, 1.165) is 18.5 Å². The van der Waals surface area contributed by atoms with Crippen molar-refractivity contribution >= 4 is 15.9 Å². The van der Waals surface area contributed by atoms with Gasteiger partial charge in [0.25, 0.3) is 0 Å². The zero-order valence-electron chi connectivity index (χ0n) is 10.3. The van der Waals surface area contributed by atoms with E-state index in [2.05, 4.69) is 34.7 Å². The van der Waals surface area contributed by atoms with Crippen molar-refractivity contribution < 1.29 is 9.50 Å². The van der Waals surface area contributed by atoms with Gasteiger partial charge in [-0.15, -0.1) is 0 Å². The largest absolute Gasteiger partial charge is 0.396 e. The van der Waals surface area contributed by atoms with E-state index in [0.29, 0.717) is 17.1 Å². The van der Waals surface area contributed by atoms with Gasteiger partial charge >= 0.3 is 0 Å². The van der Waals surface area contributed by atoms with Gasteiger partial charge < -0.3 is 5.11 Å². The molecule has 0 bridgehead atoms. The molecule has 0 aliphatic rings. The summed E-state index contributed by atoms with van der Waals surface area (Å²) >= 11 is 3.27. The number of aliphatic hydroxyl groups excluding tert-OH is 1. The van der Waals surface area contributed by atoms with E-state index in [4.69, 9.17) is 5.11 Å². The average molecular weight is 304 g/mol. The van der Waals surface area contributed by atoms with Gasteiger partial charge in [0.2, 0.25) is 0 Å². The summed E-state index contributed by atoms with van der Waals surface area (Å²) in [5, 5.41) is 8.87. The van der Waals surface area contributed by atoms with Crippen molar-refractivity contribution in [1.82, 2.24) is 4.90 Å². The van der Waals surface area contributed by atoms with E-state index in [1.807, 2.05) is 6.07 Å². The second-order valence-corrected chi connectivity index (χ2v) is 5.15. The van der Waals surface area contributed by atoms with Crippen molar-refractivity contribution in [2.75, 3.05) is 13.2 Å². The first kappa shape index (κ1) is 14.6. The second-order valence-electron chi connectivity index (χ2n) is 4.35. The molecule has 0 heterocycles. The molecule has 0 saturated heterocycles. The number of benzene rings is 1. The quantitative estimate of drug-likeness (QED) is 0.872. The van der Waals surface area contributed by atoms with Crippen LogP contribution in [0.2, 0.25) is 0 Å². The van der Waals surface area contributed by atoms with Crippen LogP contribution in [-0.2, 0) is 6.54 Å². The summed E-state index contributed by atoms with van der Waals surface area (Å²) in [5.74, 6) is -0.228. The number of aliphatic hydroxyl groups is 1. The Kier molecular flexibility index (Phi) is 6.09.